The fraction of sp³-hybridized carbons (Fsp3) is 0.250. The Labute approximate surface area is 91.5 Å². The maximum atomic E-state index is 11.9. The van der Waals surface area contributed by atoms with Gasteiger partial charge in [-0.3, -0.25) is 0 Å². The first-order valence-electron chi connectivity index (χ1n) is 3.78. The van der Waals surface area contributed by atoms with E-state index < -0.39 is 29.5 Å². The highest BCUT2D eigenvalue weighted by atomic mass is 35.5. The van der Waals surface area contributed by atoms with Crippen LogP contribution >= 0.6 is 11.6 Å². The number of halogens is 6. The molecule has 0 atom stereocenters. The molecule has 0 amide bonds. The molecule has 0 aliphatic rings. The third kappa shape index (κ3) is 3.73. The van der Waals surface area contributed by atoms with E-state index in [0.29, 0.717) is 0 Å². The first-order valence-corrected chi connectivity index (χ1v) is 4.16. The van der Waals surface area contributed by atoms with Crippen LogP contribution in [0.15, 0.2) is 18.2 Å². The highest BCUT2D eigenvalue weighted by Gasteiger charge is 2.34. The quantitative estimate of drug-likeness (QED) is 0.771. The summed E-state index contributed by atoms with van der Waals surface area (Å²) in [5, 5.41) is -0.476. The molecule has 0 N–H and O–H groups in total. The Bertz CT molecular complexity index is 366. The largest absolute Gasteiger partial charge is 0.573 e. The average Bonchev–Trinajstić information content (AvgIpc) is 2.08. The number of para-hydroxylation sites is 1. The maximum Gasteiger partial charge on any atom is 0.573 e. The fourth-order valence-corrected chi connectivity index (χ4v) is 1.10. The lowest BCUT2D eigenvalue weighted by atomic mass is 10.3. The first kappa shape index (κ1) is 12.8. The van der Waals surface area contributed by atoms with Crippen molar-refractivity contribution in [3.8, 4) is 11.5 Å². The SMILES string of the molecule is FC(F)Oc1cccc(Cl)c1OC(F)(F)F. The molecule has 90 valence electrons. The third-order valence-corrected chi connectivity index (χ3v) is 1.66. The molecule has 2 nitrogen and oxygen atoms in total. The van der Waals surface area contributed by atoms with E-state index in [9.17, 15) is 22.0 Å². The van der Waals surface area contributed by atoms with Crippen LogP contribution in [-0.4, -0.2) is 13.0 Å². The summed E-state index contributed by atoms with van der Waals surface area (Å²) in [4.78, 5) is 0. The Hall–Kier alpha value is -1.24. The van der Waals surface area contributed by atoms with Gasteiger partial charge in [0.2, 0.25) is 0 Å². The number of benzene rings is 1. The van der Waals surface area contributed by atoms with Crippen LogP contribution in [0.4, 0.5) is 22.0 Å². The third-order valence-electron chi connectivity index (χ3n) is 1.36. The van der Waals surface area contributed by atoms with Crippen molar-refractivity contribution in [2.75, 3.05) is 0 Å². The van der Waals surface area contributed by atoms with Gasteiger partial charge in [-0.05, 0) is 12.1 Å². The topological polar surface area (TPSA) is 18.5 Å². The van der Waals surface area contributed by atoms with E-state index in [-0.39, 0.29) is 0 Å². The van der Waals surface area contributed by atoms with Gasteiger partial charge in [-0.1, -0.05) is 17.7 Å². The molecule has 0 saturated carbocycles. The Morgan fingerprint density at radius 2 is 1.81 bits per heavy atom. The molecule has 0 unspecified atom stereocenters. The molecule has 0 aromatic heterocycles. The van der Waals surface area contributed by atoms with Gasteiger partial charge >= 0.3 is 13.0 Å². The van der Waals surface area contributed by atoms with E-state index in [2.05, 4.69) is 9.47 Å². The fourth-order valence-electron chi connectivity index (χ4n) is 0.893. The van der Waals surface area contributed by atoms with Crippen molar-refractivity contribution in [3.63, 3.8) is 0 Å². The summed E-state index contributed by atoms with van der Waals surface area (Å²) < 4.78 is 66.8. The molecule has 0 radical (unpaired) electrons. The number of alkyl halides is 5. The van der Waals surface area contributed by atoms with Crippen molar-refractivity contribution in [1.29, 1.82) is 0 Å². The number of rotatable bonds is 3. The lowest BCUT2D eigenvalue weighted by Crippen LogP contribution is -2.18. The van der Waals surface area contributed by atoms with Crippen molar-refractivity contribution < 1.29 is 31.4 Å². The van der Waals surface area contributed by atoms with E-state index in [1.54, 1.807) is 0 Å². The molecule has 1 rings (SSSR count). The van der Waals surface area contributed by atoms with Crippen molar-refractivity contribution >= 4 is 11.6 Å². The lowest BCUT2D eigenvalue weighted by molar-refractivity contribution is -0.275. The smallest absolute Gasteiger partial charge is 0.431 e. The maximum absolute atomic E-state index is 11.9. The Morgan fingerprint density at radius 3 is 2.31 bits per heavy atom. The van der Waals surface area contributed by atoms with E-state index >= 15 is 0 Å². The predicted octanol–water partition coefficient (Wildman–Crippen LogP) is 3.84. The van der Waals surface area contributed by atoms with Gasteiger partial charge in [0, 0.05) is 0 Å². The molecular weight excluding hydrogens is 259 g/mol. The van der Waals surface area contributed by atoms with Crippen molar-refractivity contribution in [2.24, 2.45) is 0 Å². The van der Waals surface area contributed by atoms with Crippen molar-refractivity contribution in [2.45, 2.75) is 13.0 Å². The Morgan fingerprint density at radius 1 is 1.19 bits per heavy atom. The van der Waals surface area contributed by atoms with Crippen LogP contribution in [0.5, 0.6) is 11.5 Å². The molecule has 8 heteroatoms. The van der Waals surface area contributed by atoms with Gasteiger partial charge in [-0.2, -0.15) is 8.78 Å². The van der Waals surface area contributed by atoms with Gasteiger partial charge in [0.25, 0.3) is 0 Å². The predicted molar refractivity (Wildman–Crippen MR) is 44.8 cm³/mol. The summed E-state index contributed by atoms with van der Waals surface area (Å²) >= 11 is 5.37. The summed E-state index contributed by atoms with van der Waals surface area (Å²) in [6.07, 6.45) is -5.04. The van der Waals surface area contributed by atoms with Crippen molar-refractivity contribution in [1.82, 2.24) is 0 Å². The molecule has 0 fully saturated rings. The summed E-state index contributed by atoms with van der Waals surface area (Å²) in [6, 6.07) is 3.10. The molecular formula is C8H4ClF5O2. The van der Waals surface area contributed by atoms with Crippen LogP contribution in [0, 0.1) is 0 Å². The van der Waals surface area contributed by atoms with Crippen LogP contribution in [0.3, 0.4) is 0 Å². The molecule has 0 aliphatic heterocycles. The molecule has 1 aromatic rings. The second-order valence-electron chi connectivity index (χ2n) is 2.49. The zero-order valence-corrected chi connectivity index (χ0v) is 8.15. The second-order valence-corrected chi connectivity index (χ2v) is 2.90. The molecule has 16 heavy (non-hydrogen) atoms. The molecule has 0 saturated heterocycles. The minimum atomic E-state index is -5.04. The van der Waals surface area contributed by atoms with Gasteiger partial charge in [0.05, 0.1) is 5.02 Å². The first-order chi connectivity index (χ1) is 7.29. The van der Waals surface area contributed by atoms with Gasteiger partial charge in [0.15, 0.2) is 11.5 Å². The highest BCUT2D eigenvalue weighted by Crippen LogP contribution is 2.38. The molecule has 1 aromatic carbocycles. The van der Waals surface area contributed by atoms with Crippen LogP contribution in [0.1, 0.15) is 0 Å². The number of ether oxygens (including phenoxy) is 2. The normalized spacial score (nSPS) is 11.7. The Balaban J connectivity index is 3.03. The van der Waals surface area contributed by atoms with Crippen LogP contribution in [0.25, 0.3) is 0 Å². The van der Waals surface area contributed by atoms with Gasteiger partial charge in [-0.15, -0.1) is 13.2 Å². The van der Waals surface area contributed by atoms with Crippen LogP contribution in [0.2, 0.25) is 5.02 Å². The zero-order valence-electron chi connectivity index (χ0n) is 7.39. The van der Waals surface area contributed by atoms with E-state index in [0.717, 1.165) is 18.2 Å². The molecule has 0 heterocycles. The van der Waals surface area contributed by atoms with Crippen molar-refractivity contribution in [3.05, 3.63) is 23.2 Å². The monoisotopic (exact) mass is 262 g/mol. The van der Waals surface area contributed by atoms with Crippen LogP contribution < -0.4 is 9.47 Å². The lowest BCUT2D eigenvalue weighted by Gasteiger charge is -2.14. The number of hydrogen-bond donors (Lipinski definition) is 0. The molecule has 0 spiro atoms. The summed E-state index contributed by atoms with van der Waals surface area (Å²) in [5.74, 6) is -1.77. The van der Waals surface area contributed by atoms with Gasteiger partial charge in [0.1, 0.15) is 0 Å². The van der Waals surface area contributed by atoms with E-state index in [4.69, 9.17) is 11.6 Å². The van der Waals surface area contributed by atoms with Gasteiger partial charge < -0.3 is 9.47 Å². The minimum absolute atomic E-state index is 0.476. The molecule has 0 bridgehead atoms. The van der Waals surface area contributed by atoms with Crippen LogP contribution in [-0.2, 0) is 0 Å². The van der Waals surface area contributed by atoms with E-state index in [1.807, 2.05) is 0 Å². The van der Waals surface area contributed by atoms with E-state index in [1.165, 1.54) is 0 Å². The second kappa shape index (κ2) is 4.73. The summed E-state index contributed by atoms with van der Waals surface area (Å²) in [5.41, 5.74) is 0. The summed E-state index contributed by atoms with van der Waals surface area (Å²) in [7, 11) is 0. The standard InChI is InChI=1S/C8H4ClF5O2/c9-4-2-1-3-5(15-7(10)11)6(4)16-8(12,13)14/h1-3,7H. The minimum Gasteiger partial charge on any atom is -0.431 e. The molecule has 0 aliphatic carbocycles. The average molecular weight is 263 g/mol. The number of hydrogen-bond acceptors (Lipinski definition) is 2. The summed E-state index contributed by atoms with van der Waals surface area (Å²) in [6.45, 7) is -3.27. The van der Waals surface area contributed by atoms with Gasteiger partial charge in [-0.25, -0.2) is 0 Å². The zero-order chi connectivity index (χ0) is 12.3. The Kier molecular flexibility index (Phi) is 3.79. The highest BCUT2D eigenvalue weighted by molar-refractivity contribution is 6.32.